The third-order valence-electron chi connectivity index (χ3n) is 9.60. The lowest BCUT2D eigenvalue weighted by Crippen LogP contribution is -2.61. The Morgan fingerprint density at radius 1 is 0.631 bits per heavy atom. The van der Waals surface area contributed by atoms with Crippen LogP contribution in [0.25, 0.3) is 0 Å². The predicted molar refractivity (Wildman–Crippen MR) is 239 cm³/mol. The number of aliphatic hydroxyl groups excluding tert-OH is 1. The highest BCUT2D eigenvalue weighted by atomic mass is 32.1. The molecule has 0 spiro atoms. The highest BCUT2D eigenvalue weighted by Crippen LogP contribution is 2.09. The Labute approximate surface area is 386 Å². The number of nitrogens with two attached hydrogens (primary N) is 2. The quantitative estimate of drug-likeness (QED) is 0.0254. The molecular weight excluding hydrogens is 897 g/mol. The molecule has 366 valence electrons. The molecule has 1 aromatic heterocycles. The van der Waals surface area contributed by atoms with Crippen molar-refractivity contribution in [3.05, 3.63) is 18.2 Å². The first-order valence-electron chi connectivity index (χ1n) is 20.6. The zero-order valence-electron chi connectivity index (χ0n) is 36.8. The molecular formula is C38H64N12O13S2. The number of amides is 8. The van der Waals surface area contributed by atoms with Crippen LogP contribution in [0.2, 0.25) is 0 Å². The van der Waals surface area contributed by atoms with Crippen molar-refractivity contribution < 1.29 is 63.3 Å². The third-order valence-corrected chi connectivity index (χ3v) is 10.4. The summed E-state index contributed by atoms with van der Waals surface area (Å²) in [5.41, 5.74) is 11.7. The van der Waals surface area contributed by atoms with Gasteiger partial charge < -0.3 is 74.3 Å². The van der Waals surface area contributed by atoms with Crippen molar-refractivity contribution in [2.75, 3.05) is 24.7 Å². The van der Waals surface area contributed by atoms with Crippen LogP contribution in [0.15, 0.2) is 12.5 Å². The average molecular weight is 961 g/mol. The van der Waals surface area contributed by atoms with Crippen LogP contribution >= 0.6 is 25.3 Å². The Morgan fingerprint density at radius 3 is 1.62 bits per heavy atom. The number of H-pyrrole nitrogens is 1. The van der Waals surface area contributed by atoms with Crippen LogP contribution in [0.3, 0.4) is 0 Å². The van der Waals surface area contributed by atoms with Gasteiger partial charge in [0.15, 0.2) is 0 Å². The van der Waals surface area contributed by atoms with Gasteiger partial charge in [-0.25, -0.2) is 9.78 Å². The molecule has 0 bridgehead atoms. The molecule has 8 amide bonds. The van der Waals surface area contributed by atoms with Crippen LogP contribution in [0.5, 0.6) is 0 Å². The molecule has 0 aliphatic rings. The van der Waals surface area contributed by atoms with Gasteiger partial charge in [0.25, 0.3) is 0 Å². The number of aliphatic carboxylic acids is 2. The number of carbonyl (C=O) groups excluding carboxylic acids is 8. The van der Waals surface area contributed by atoms with Gasteiger partial charge >= 0.3 is 11.9 Å². The first-order valence-corrected chi connectivity index (χ1v) is 21.9. The van der Waals surface area contributed by atoms with Gasteiger partial charge in [0.05, 0.1) is 25.4 Å². The van der Waals surface area contributed by atoms with Crippen LogP contribution in [0.1, 0.15) is 66.0 Å². The van der Waals surface area contributed by atoms with Crippen molar-refractivity contribution in [1.82, 2.24) is 52.5 Å². The summed E-state index contributed by atoms with van der Waals surface area (Å²) >= 11 is 7.85. The molecule has 65 heavy (non-hydrogen) atoms. The van der Waals surface area contributed by atoms with Crippen molar-refractivity contribution in [2.24, 2.45) is 23.3 Å². The molecule has 9 atom stereocenters. The molecule has 1 rings (SSSR count). The Balaban J connectivity index is 3.26. The number of nitrogens with one attached hydrogen (secondary N) is 9. The van der Waals surface area contributed by atoms with E-state index in [-0.39, 0.29) is 37.3 Å². The Bertz CT molecular complexity index is 1790. The maximum absolute atomic E-state index is 13.9. The minimum atomic E-state index is -1.77. The maximum Gasteiger partial charge on any atom is 0.327 e. The normalized spacial score (nSPS) is 15.3. The number of rotatable bonds is 30. The molecule has 16 N–H and O–H groups in total. The second kappa shape index (κ2) is 29.1. The molecule has 0 aromatic carbocycles. The molecule has 0 aliphatic carbocycles. The molecule has 0 unspecified atom stereocenters. The standard InChI is InChI=1S/C38H64N12O13S2/c1-17(2)28(50-35(59)25(13-51)47-37(61)29(18(3)4)49-31(55)21(40)14-64)36(60)43-19(5)30(54)45-23(10-20-12-41-16-42-20)33(57)44-22(8-6-7-9-39)32(56)46-24(11-27(52)53)34(58)48-26(15-65)38(62)63/h12,16-19,21-26,28-29,51,64-65H,6-11,13-15,39-40H2,1-5H3,(H,41,42)(H,43,60)(H,44,57)(H,45,54)(H,46,56)(H,47,61)(H,48,58)(H,49,55)(H,50,59)(H,52,53)(H,62,63)/t19-,21-,22-,23-,24-,25-,26-,28-,29-/m0/s1. The third kappa shape index (κ3) is 20.0. The highest BCUT2D eigenvalue weighted by Gasteiger charge is 2.35. The summed E-state index contributed by atoms with van der Waals surface area (Å²) in [6.45, 7) is 7.02. The van der Waals surface area contributed by atoms with E-state index in [1.54, 1.807) is 27.7 Å². The molecule has 25 nitrogen and oxygen atoms in total. The number of aromatic amines is 1. The van der Waals surface area contributed by atoms with Crippen LogP contribution in [-0.2, 0) is 54.4 Å². The number of thiol groups is 2. The van der Waals surface area contributed by atoms with Gasteiger partial charge in [-0.15, -0.1) is 0 Å². The van der Waals surface area contributed by atoms with E-state index in [1.807, 2.05) is 0 Å². The fourth-order valence-electron chi connectivity index (χ4n) is 5.76. The molecule has 0 saturated heterocycles. The molecule has 0 aliphatic heterocycles. The number of nitrogens with zero attached hydrogens (tertiary/aromatic N) is 1. The number of hydrogen-bond donors (Lipinski definition) is 16. The molecule has 0 saturated carbocycles. The summed E-state index contributed by atoms with van der Waals surface area (Å²) < 4.78 is 0. The first kappa shape index (κ1) is 57.5. The Morgan fingerprint density at radius 2 is 1.12 bits per heavy atom. The van der Waals surface area contributed by atoms with E-state index in [4.69, 9.17) is 11.5 Å². The minimum absolute atomic E-state index is 0.00224. The van der Waals surface area contributed by atoms with Gasteiger partial charge in [-0.05, 0) is 44.6 Å². The van der Waals surface area contributed by atoms with Gasteiger partial charge in [-0.1, -0.05) is 27.7 Å². The Kier molecular flexibility index (Phi) is 25.8. The van der Waals surface area contributed by atoms with Crippen molar-refractivity contribution in [3.8, 4) is 0 Å². The van der Waals surface area contributed by atoms with E-state index in [9.17, 15) is 63.3 Å². The van der Waals surface area contributed by atoms with Crippen molar-refractivity contribution in [2.45, 2.75) is 121 Å². The van der Waals surface area contributed by atoms with E-state index < -0.39 is 138 Å². The van der Waals surface area contributed by atoms with Gasteiger partial charge in [0.1, 0.15) is 48.3 Å². The topological polar surface area (TPSA) is 408 Å². The van der Waals surface area contributed by atoms with Gasteiger partial charge in [-0.2, -0.15) is 25.3 Å². The maximum atomic E-state index is 13.9. The monoisotopic (exact) mass is 960 g/mol. The van der Waals surface area contributed by atoms with Gasteiger partial charge in [0.2, 0.25) is 47.3 Å². The lowest BCUT2D eigenvalue weighted by atomic mass is 10.0. The summed E-state index contributed by atoms with van der Waals surface area (Å²) in [6.07, 6.45) is 2.10. The zero-order valence-corrected chi connectivity index (χ0v) is 38.6. The summed E-state index contributed by atoms with van der Waals surface area (Å²) in [7, 11) is 0. The number of carbonyl (C=O) groups is 10. The number of carboxylic acids is 2. The van der Waals surface area contributed by atoms with Gasteiger partial charge in [0, 0.05) is 29.8 Å². The van der Waals surface area contributed by atoms with E-state index in [0.29, 0.717) is 12.1 Å². The van der Waals surface area contributed by atoms with Crippen molar-refractivity contribution in [3.63, 3.8) is 0 Å². The molecule has 0 fully saturated rings. The number of unbranched alkanes of at least 4 members (excludes halogenated alkanes) is 1. The fourth-order valence-corrected chi connectivity index (χ4v) is 6.17. The number of hydrogen-bond acceptors (Lipinski definition) is 16. The lowest BCUT2D eigenvalue weighted by Gasteiger charge is -2.28. The second-order valence-electron chi connectivity index (χ2n) is 15.7. The smallest absolute Gasteiger partial charge is 0.327 e. The van der Waals surface area contributed by atoms with Crippen molar-refractivity contribution >= 4 is 84.5 Å². The number of carboxylic acid groups (broad SMARTS) is 2. The predicted octanol–water partition coefficient (Wildman–Crippen LogP) is -4.97. The van der Waals surface area contributed by atoms with Crippen LogP contribution < -0.4 is 54.0 Å². The number of imidazole rings is 1. The first-order chi connectivity index (χ1) is 30.5. The SMILES string of the molecule is CC(C)[C@H](NC(=O)[C@H](CO)NC(=O)[C@@H](NC(=O)[C@@H](N)CS)C(C)C)C(=O)N[C@@H](C)C(=O)N[C@@H](Cc1cnc[nH]1)C(=O)N[C@@H](CCCCN)C(=O)N[C@@H](CC(=O)O)C(=O)N[C@@H](CS)C(=O)O. The Hall–Kier alpha value is -5.51. The lowest BCUT2D eigenvalue weighted by molar-refractivity contribution is -0.143. The van der Waals surface area contributed by atoms with Crippen molar-refractivity contribution in [1.29, 1.82) is 0 Å². The number of aromatic nitrogens is 2. The summed E-state index contributed by atoms with van der Waals surface area (Å²) in [5.74, 6) is -11.7. The van der Waals surface area contributed by atoms with E-state index in [2.05, 4.69) is 77.8 Å². The van der Waals surface area contributed by atoms with E-state index in [0.717, 1.165) is 0 Å². The second-order valence-corrected chi connectivity index (χ2v) is 16.4. The summed E-state index contributed by atoms with van der Waals surface area (Å²) in [4.78, 5) is 136. The molecule has 0 radical (unpaired) electrons. The molecule has 27 heteroatoms. The number of aliphatic hydroxyl groups is 1. The van der Waals surface area contributed by atoms with Crippen LogP contribution in [0.4, 0.5) is 0 Å². The van der Waals surface area contributed by atoms with Gasteiger partial charge in [-0.3, -0.25) is 43.2 Å². The molecule has 1 heterocycles. The zero-order chi connectivity index (χ0) is 49.6. The van der Waals surface area contributed by atoms with E-state index >= 15 is 0 Å². The highest BCUT2D eigenvalue weighted by molar-refractivity contribution is 7.80. The minimum Gasteiger partial charge on any atom is -0.481 e. The fraction of sp³-hybridized carbons (Fsp3) is 0.658. The summed E-state index contributed by atoms with van der Waals surface area (Å²) in [6, 6.07) is -12.6. The van der Waals surface area contributed by atoms with E-state index in [1.165, 1.54) is 19.4 Å². The molecule has 1 aromatic rings. The van der Waals surface area contributed by atoms with Crippen LogP contribution in [0, 0.1) is 11.8 Å². The summed E-state index contributed by atoms with van der Waals surface area (Å²) in [5, 5.41) is 47.9. The van der Waals surface area contributed by atoms with Crippen LogP contribution in [-0.4, -0.2) is 164 Å². The average Bonchev–Trinajstić information content (AvgIpc) is 3.76. The largest absolute Gasteiger partial charge is 0.481 e.